The van der Waals surface area contributed by atoms with Gasteiger partial charge >= 0.3 is 6.18 Å². The molecule has 0 fully saturated rings. The standard InChI is InChI=1S/C22H20F3N5O/c23-22(24,25)16-8-6-14(10-17(16)31)19(26)18-20(27)28-11-29-21(18)30-15-7-5-12-3-1-2-4-13(12)9-15/h1-4,6,8,10-11,15,26,31H,5,7,9H2,(H3,27,28,29,30). The molecule has 0 saturated heterocycles. The number of aromatic nitrogens is 2. The summed E-state index contributed by atoms with van der Waals surface area (Å²) in [6, 6.07) is 11.0. The third kappa shape index (κ3) is 4.16. The molecular weight excluding hydrogens is 407 g/mol. The number of anilines is 2. The zero-order valence-electron chi connectivity index (χ0n) is 16.4. The maximum atomic E-state index is 12.9. The van der Waals surface area contributed by atoms with Gasteiger partial charge in [0.2, 0.25) is 0 Å². The van der Waals surface area contributed by atoms with Gasteiger partial charge < -0.3 is 16.2 Å². The van der Waals surface area contributed by atoms with Crippen LogP contribution in [0.25, 0.3) is 0 Å². The first-order valence-electron chi connectivity index (χ1n) is 9.67. The molecule has 0 aliphatic heterocycles. The molecule has 1 aromatic heterocycles. The fourth-order valence-electron chi connectivity index (χ4n) is 3.84. The highest BCUT2D eigenvalue weighted by Crippen LogP contribution is 2.36. The molecule has 0 saturated carbocycles. The van der Waals surface area contributed by atoms with E-state index in [9.17, 15) is 18.3 Å². The Labute approximate surface area is 176 Å². The van der Waals surface area contributed by atoms with Gasteiger partial charge in [0.25, 0.3) is 0 Å². The van der Waals surface area contributed by atoms with Crippen molar-refractivity contribution in [2.45, 2.75) is 31.5 Å². The molecule has 1 aliphatic rings. The fraction of sp³-hybridized carbons (Fsp3) is 0.227. The van der Waals surface area contributed by atoms with Gasteiger partial charge in [0.1, 0.15) is 23.7 Å². The van der Waals surface area contributed by atoms with Crippen LogP contribution in [0.4, 0.5) is 24.8 Å². The lowest BCUT2D eigenvalue weighted by Crippen LogP contribution is -2.29. The maximum absolute atomic E-state index is 12.9. The van der Waals surface area contributed by atoms with Crippen LogP contribution in [0.5, 0.6) is 5.75 Å². The predicted octanol–water partition coefficient (Wildman–Crippen LogP) is 4.17. The van der Waals surface area contributed by atoms with E-state index in [1.807, 2.05) is 12.1 Å². The number of nitrogens with zero attached hydrogens (tertiary/aromatic N) is 2. The van der Waals surface area contributed by atoms with Crippen molar-refractivity contribution in [3.8, 4) is 5.75 Å². The Morgan fingerprint density at radius 3 is 2.58 bits per heavy atom. The van der Waals surface area contributed by atoms with E-state index in [2.05, 4.69) is 27.4 Å². The average molecular weight is 427 g/mol. The molecular formula is C22H20F3N5O. The van der Waals surface area contributed by atoms with Gasteiger partial charge in [-0.2, -0.15) is 13.2 Å². The number of phenolic OH excluding ortho intramolecular Hbond substituents is 1. The minimum atomic E-state index is -4.69. The number of fused-ring (bicyclic) bond motifs is 1. The van der Waals surface area contributed by atoms with Crippen LogP contribution in [0.1, 0.15) is 34.2 Å². The molecule has 9 heteroatoms. The second kappa shape index (κ2) is 7.90. The summed E-state index contributed by atoms with van der Waals surface area (Å²) in [5.41, 5.74) is 7.45. The first-order valence-corrected chi connectivity index (χ1v) is 9.67. The molecule has 5 N–H and O–H groups in total. The molecule has 0 spiro atoms. The number of alkyl halides is 3. The lowest BCUT2D eigenvalue weighted by atomic mass is 9.88. The Kier molecular flexibility index (Phi) is 5.26. The summed E-state index contributed by atoms with van der Waals surface area (Å²) >= 11 is 0. The average Bonchev–Trinajstić information content (AvgIpc) is 2.72. The van der Waals surface area contributed by atoms with Gasteiger partial charge in [-0.3, -0.25) is 5.41 Å². The molecule has 160 valence electrons. The quantitative estimate of drug-likeness (QED) is 0.468. The van der Waals surface area contributed by atoms with Crippen molar-refractivity contribution < 1.29 is 18.3 Å². The zero-order valence-corrected chi connectivity index (χ0v) is 16.4. The van der Waals surface area contributed by atoms with Crippen LogP contribution in [0.15, 0.2) is 48.8 Å². The number of halogens is 3. The van der Waals surface area contributed by atoms with Crippen LogP contribution in [0, 0.1) is 5.41 Å². The lowest BCUT2D eigenvalue weighted by Gasteiger charge is -2.27. The van der Waals surface area contributed by atoms with Crippen LogP contribution in [-0.2, 0) is 19.0 Å². The number of nitrogen functional groups attached to an aromatic ring is 1. The van der Waals surface area contributed by atoms with Crippen molar-refractivity contribution >= 4 is 17.3 Å². The highest BCUT2D eigenvalue weighted by molar-refractivity contribution is 6.16. The highest BCUT2D eigenvalue weighted by Gasteiger charge is 2.34. The molecule has 0 amide bonds. The molecule has 3 aromatic rings. The van der Waals surface area contributed by atoms with E-state index >= 15 is 0 Å². The van der Waals surface area contributed by atoms with Gasteiger partial charge in [0.05, 0.1) is 16.8 Å². The topological polar surface area (TPSA) is 108 Å². The van der Waals surface area contributed by atoms with E-state index in [1.54, 1.807) is 0 Å². The number of nitrogens with one attached hydrogen (secondary N) is 2. The van der Waals surface area contributed by atoms with E-state index in [0.717, 1.165) is 37.5 Å². The number of benzene rings is 2. The molecule has 1 unspecified atom stereocenters. The maximum Gasteiger partial charge on any atom is 0.419 e. The summed E-state index contributed by atoms with van der Waals surface area (Å²) in [6.07, 6.45) is -0.893. The van der Waals surface area contributed by atoms with Crippen molar-refractivity contribution in [1.82, 2.24) is 9.97 Å². The first-order chi connectivity index (χ1) is 14.7. The van der Waals surface area contributed by atoms with Crippen molar-refractivity contribution in [3.05, 3.63) is 76.6 Å². The predicted molar refractivity (Wildman–Crippen MR) is 111 cm³/mol. The third-order valence-corrected chi connectivity index (χ3v) is 5.41. The molecule has 0 radical (unpaired) electrons. The molecule has 1 atom stereocenters. The minimum absolute atomic E-state index is 0.0260. The Hall–Kier alpha value is -3.62. The second-order valence-corrected chi connectivity index (χ2v) is 7.44. The number of nitrogens with two attached hydrogens (primary N) is 1. The van der Waals surface area contributed by atoms with E-state index < -0.39 is 17.5 Å². The normalized spacial score (nSPS) is 15.9. The Morgan fingerprint density at radius 2 is 1.87 bits per heavy atom. The smallest absolute Gasteiger partial charge is 0.419 e. The van der Waals surface area contributed by atoms with E-state index in [-0.39, 0.29) is 28.7 Å². The monoisotopic (exact) mass is 427 g/mol. The largest absolute Gasteiger partial charge is 0.507 e. The van der Waals surface area contributed by atoms with Crippen LogP contribution in [0.3, 0.4) is 0 Å². The lowest BCUT2D eigenvalue weighted by molar-refractivity contribution is -0.138. The Morgan fingerprint density at radius 1 is 1.13 bits per heavy atom. The van der Waals surface area contributed by atoms with Crippen LogP contribution < -0.4 is 11.1 Å². The Bertz CT molecular complexity index is 1150. The SMILES string of the molecule is N=C(c1ccc(C(F)(F)F)c(O)c1)c1c(N)ncnc1NC1CCc2ccccc2C1. The van der Waals surface area contributed by atoms with Crippen molar-refractivity contribution in [2.24, 2.45) is 0 Å². The van der Waals surface area contributed by atoms with Gasteiger partial charge in [-0.1, -0.05) is 30.3 Å². The van der Waals surface area contributed by atoms with E-state index in [4.69, 9.17) is 11.1 Å². The first kappa shape index (κ1) is 20.6. The summed E-state index contributed by atoms with van der Waals surface area (Å²) in [7, 11) is 0. The highest BCUT2D eigenvalue weighted by atomic mass is 19.4. The number of hydrogen-bond donors (Lipinski definition) is 4. The number of aryl methyl sites for hydroxylation is 1. The van der Waals surface area contributed by atoms with Crippen LogP contribution >= 0.6 is 0 Å². The van der Waals surface area contributed by atoms with Gasteiger partial charge in [-0.15, -0.1) is 0 Å². The molecule has 0 bridgehead atoms. The number of phenols is 1. The molecule has 31 heavy (non-hydrogen) atoms. The Balaban J connectivity index is 1.63. The van der Waals surface area contributed by atoms with Crippen molar-refractivity contribution in [1.29, 1.82) is 5.41 Å². The van der Waals surface area contributed by atoms with E-state index in [1.165, 1.54) is 17.5 Å². The minimum Gasteiger partial charge on any atom is -0.507 e. The summed E-state index contributed by atoms with van der Waals surface area (Å²) in [5, 5.41) is 21.7. The van der Waals surface area contributed by atoms with Crippen molar-refractivity contribution in [3.63, 3.8) is 0 Å². The third-order valence-electron chi connectivity index (χ3n) is 5.41. The van der Waals surface area contributed by atoms with Crippen LogP contribution in [0.2, 0.25) is 0 Å². The van der Waals surface area contributed by atoms with Gasteiger partial charge in [-0.25, -0.2) is 9.97 Å². The summed E-state index contributed by atoms with van der Waals surface area (Å²) in [5.74, 6) is -0.595. The van der Waals surface area contributed by atoms with Gasteiger partial charge in [-0.05, 0) is 42.5 Å². The summed E-state index contributed by atoms with van der Waals surface area (Å²) in [6.45, 7) is 0. The molecule has 4 rings (SSSR count). The van der Waals surface area contributed by atoms with E-state index in [0.29, 0.717) is 5.82 Å². The fourth-order valence-corrected chi connectivity index (χ4v) is 3.84. The summed E-state index contributed by atoms with van der Waals surface area (Å²) in [4.78, 5) is 8.17. The second-order valence-electron chi connectivity index (χ2n) is 7.44. The molecule has 1 heterocycles. The van der Waals surface area contributed by atoms with Gasteiger partial charge in [0, 0.05) is 11.6 Å². The zero-order chi connectivity index (χ0) is 22.2. The molecule has 1 aliphatic carbocycles. The number of aromatic hydroxyl groups is 1. The molecule has 2 aromatic carbocycles. The number of rotatable bonds is 4. The van der Waals surface area contributed by atoms with Gasteiger partial charge in [0.15, 0.2) is 0 Å². The van der Waals surface area contributed by atoms with Crippen molar-refractivity contribution in [2.75, 3.05) is 11.1 Å². The molecule has 6 nitrogen and oxygen atoms in total. The van der Waals surface area contributed by atoms with Crippen LogP contribution in [-0.4, -0.2) is 26.8 Å². The number of hydrogen-bond acceptors (Lipinski definition) is 6. The summed E-state index contributed by atoms with van der Waals surface area (Å²) < 4.78 is 38.8.